The van der Waals surface area contributed by atoms with Gasteiger partial charge in [-0.15, -0.1) is 0 Å². The van der Waals surface area contributed by atoms with Crippen molar-refractivity contribution in [2.24, 2.45) is 5.41 Å². The van der Waals surface area contributed by atoms with E-state index >= 15 is 0 Å². The second kappa shape index (κ2) is 18.4. The van der Waals surface area contributed by atoms with Crippen molar-refractivity contribution in [3.63, 3.8) is 0 Å². The van der Waals surface area contributed by atoms with Gasteiger partial charge in [-0.2, -0.15) is 0 Å². The molecule has 0 rings (SSSR count). The smallest absolute Gasteiger partial charge is 0.330 e. The molecule has 0 unspecified atom stereocenters. The van der Waals surface area contributed by atoms with Crippen molar-refractivity contribution in [1.82, 2.24) is 0 Å². The van der Waals surface area contributed by atoms with Gasteiger partial charge in [-0.05, 0) is 6.42 Å². The van der Waals surface area contributed by atoms with Gasteiger partial charge in [0.25, 0.3) is 0 Å². The van der Waals surface area contributed by atoms with E-state index in [9.17, 15) is 4.79 Å². The fraction of sp³-hybridized carbons (Fsp3) is 0.833. The summed E-state index contributed by atoms with van der Waals surface area (Å²) in [6.07, 6.45) is 11.3. The summed E-state index contributed by atoms with van der Waals surface area (Å²) in [5.74, 6) is -0.307. The molecule has 0 aromatic rings. The van der Waals surface area contributed by atoms with E-state index in [4.69, 9.17) is 25.2 Å². The van der Waals surface area contributed by atoms with Gasteiger partial charge < -0.3 is 25.2 Å². The van der Waals surface area contributed by atoms with Crippen LogP contribution in [0.15, 0.2) is 12.7 Å². The van der Waals surface area contributed by atoms with Gasteiger partial charge in [0.2, 0.25) is 0 Å². The molecule has 0 aliphatic rings. The summed E-state index contributed by atoms with van der Waals surface area (Å²) in [5, 5.41) is 34.0. The van der Waals surface area contributed by atoms with E-state index in [2.05, 4.69) is 13.5 Å². The monoisotopic (exact) mass is 348 g/mol. The molecule has 0 amide bonds. The lowest BCUT2D eigenvalue weighted by Crippen LogP contribution is -2.37. The van der Waals surface area contributed by atoms with Crippen molar-refractivity contribution in [2.45, 2.75) is 58.3 Å². The summed E-state index contributed by atoms with van der Waals surface area (Å²) in [6.45, 7) is 4.49. The fourth-order valence-electron chi connectivity index (χ4n) is 1.77. The van der Waals surface area contributed by atoms with Crippen molar-refractivity contribution < 1.29 is 30.0 Å². The molecule has 0 radical (unpaired) electrons. The number of carbonyl (C=O) groups excluding carboxylic acids is 1. The molecule has 0 bridgehead atoms. The third-order valence-electron chi connectivity index (χ3n) is 3.75. The minimum absolute atomic E-state index is 0.307. The highest BCUT2D eigenvalue weighted by Crippen LogP contribution is 2.12. The highest BCUT2D eigenvalue weighted by molar-refractivity contribution is 5.81. The number of ether oxygens (including phenoxy) is 1. The van der Waals surface area contributed by atoms with E-state index in [-0.39, 0.29) is 5.97 Å². The maximum atomic E-state index is 10.7. The zero-order valence-corrected chi connectivity index (χ0v) is 15.1. The van der Waals surface area contributed by atoms with Crippen LogP contribution in [0.2, 0.25) is 0 Å². The molecule has 24 heavy (non-hydrogen) atoms. The van der Waals surface area contributed by atoms with Crippen LogP contribution in [0.4, 0.5) is 0 Å². The Morgan fingerprint density at radius 1 is 0.875 bits per heavy atom. The summed E-state index contributed by atoms with van der Waals surface area (Å²) in [4.78, 5) is 10.7. The molecule has 0 atom stereocenters. The van der Waals surface area contributed by atoms with Crippen LogP contribution in [0.25, 0.3) is 0 Å². The summed E-state index contributed by atoms with van der Waals surface area (Å²) in [6, 6.07) is 0. The Morgan fingerprint density at radius 3 is 1.62 bits per heavy atom. The van der Waals surface area contributed by atoms with Gasteiger partial charge in [-0.1, -0.05) is 58.4 Å². The Bertz CT molecular complexity index is 272. The molecule has 6 heteroatoms. The van der Waals surface area contributed by atoms with Gasteiger partial charge in [-0.25, -0.2) is 4.79 Å². The molecule has 4 N–H and O–H groups in total. The van der Waals surface area contributed by atoms with Crippen molar-refractivity contribution in [2.75, 3.05) is 33.0 Å². The summed E-state index contributed by atoms with van der Waals surface area (Å²) >= 11 is 0. The molecule has 0 heterocycles. The average Bonchev–Trinajstić information content (AvgIpc) is 2.63. The molecule has 0 spiro atoms. The molecule has 144 valence electrons. The number of hydrogen-bond donors (Lipinski definition) is 4. The molecule has 0 fully saturated rings. The summed E-state index contributed by atoms with van der Waals surface area (Å²) in [5.41, 5.74) is -1.11. The second-order valence-electron chi connectivity index (χ2n) is 5.98. The third kappa shape index (κ3) is 14.6. The molecule has 6 nitrogen and oxygen atoms in total. The van der Waals surface area contributed by atoms with Gasteiger partial charge in [-0.3, -0.25) is 0 Å². The maximum absolute atomic E-state index is 10.7. The van der Waals surface area contributed by atoms with Crippen LogP contribution in [0.1, 0.15) is 58.3 Å². The largest absolute Gasteiger partial charge is 0.463 e. The van der Waals surface area contributed by atoms with E-state index in [1.165, 1.54) is 44.6 Å². The standard InChI is InChI=1S/C13H24O2.C5H12O4/c1-3-5-6-7-8-9-10-11-12-15-13(14)4-2;6-1-5(2-7,3-8)4-9/h4H,2-3,5-12H2,1H3;6-9H,1-4H2. The van der Waals surface area contributed by atoms with Crippen LogP contribution >= 0.6 is 0 Å². The average molecular weight is 348 g/mol. The lowest BCUT2D eigenvalue weighted by Gasteiger charge is -2.23. The summed E-state index contributed by atoms with van der Waals surface area (Å²) < 4.78 is 4.88. The van der Waals surface area contributed by atoms with E-state index in [0.717, 1.165) is 12.8 Å². The molecule has 0 aliphatic carbocycles. The Balaban J connectivity index is 0. The number of rotatable bonds is 14. The van der Waals surface area contributed by atoms with Crippen molar-refractivity contribution >= 4 is 5.97 Å². The first kappa shape index (κ1) is 25.3. The predicted octanol–water partition coefficient (Wildman–Crippen LogP) is 1.80. The Labute approximate surface area is 146 Å². The highest BCUT2D eigenvalue weighted by atomic mass is 16.5. The molecule has 0 aromatic carbocycles. The third-order valence-corrected chi connectivity index (χ3v) is 3.75. The zero-order chi connectivity index (χ0) is 18.7. The molecular formula is C18H36O6. The van der Waals surface area contributed by atoms with Crippen LogP contribution < -0.4 is 0 Å². The van der Waals surface area contributed by atoms with Gasteiger partial charge in [0.05, 0.1) is 38.4 Å². The number of aliphatic hydroxyl groups excluding tert-OH is 4. The molecular weight excluding hydrogens is 312 g/mol. The van der Waals surface area contributed by atoms with Crippen LogP contribution in [-0.2, 0) is 9.53 Å². The number of hydrogen-bond acceptors (Lipinski definition) is 6. The Kier molecular flexibility index (Phi) is 19.4. The van der Waals surface area contributed by atoms with Gasteiger partial charge in [0, 0.05) is 6.08 Å². The van der Waals surface area contributed by atoms with Crippen LogP contribution in [0.5, 0.6) is 0 Å². The predicted molar refractivity (Wildman–Crippen MR) is 94.5 cm³/mol. The van der Waals surface area contributed by atoms with E-state index < -0.39 is 31.8 Å². The summed E-state index contributed by atoms with van der Waals surface area (Å²) in [7, 11) is 0. The lowest BCUT2D eigenvalue weighted by atomic mass is 9.93. The van der Waals surface area contributed by atoms with Crippen molar-refractivity contribution in [1.29, 1.82) is 0 Å². The van der Waals surface area contributed by atoms with Gasteiger partial charge in [0.1, 0.15) is 0 Å². The first-order valence-electron chi connectivity index (χ1n) is 8.78. The van der Waals surface area contributed by atoms with Crippen LogP contribution in [-0.4, -0.2) is 59.4 Å². The molecule has 0 saturated heterocycles. The first-order chi connectivity index (χ1) is 11.6. The number of unbranched alkanes of at least 4 members (excludes halogenated alkanes) is 7. The van der Waals surface area contributed by atoms with Crippen molar-refractivity contribution in [3.05, 3.63) is 12.7 Å². The number of esters is 1. The van der Waals surface area contributed by atoms with Crippen LogP contribution in [0, 0.1) is 5.41 Å². The quantitative estimate of drug-likeness (QED) is 0.217. The second-order valence-corrected chi connectivity index (χ2v) is 5.98. The highest BCUT2D eigenvalue weighted by Gasteiger charge is 2.26. The molecule has 0 aromatic heterocycles. The van der Waals surface area contributed by atoms with E-state index in [0.29, 0.717) is 6.61 Å². The Hall–Kier alpha value is -0.950. The normalized spacial score (nSPS) is 10.7. The topological polar surface area (TPSA) is 107 Å². The number of carbonyl (C=O) groups is 1. The van der Waals surface area contributed by atoms with Gasteiger partial charge in [0.15, 0.2) is 0 Å². The molecule has 0 aliphatic heterocycles. The first-order valence-corrected chi connectivity index (χ1v) is 8.78. The van der Waals surface area contributed by atoms with E-state index in [1.54, 1.807) is 0 Å². The van der Waals surface area contributed by atoms with Crippen LogP contribution in [0.3, 0.4) is 0 Å². The van der Waals surface area contributed by atoms with E-state index in [1.807, 2.05) is 0 Å². The lowest BCUT2D eigenvalue weighted by molar-refractivity contribution is -0.137. The Morgan fingerprint density at radius 2 is 1.29 bits per heavy atom. The minimum atomic E-state index is -1.11. The number of aliphatic hydroxyl groups is 4. The maximum Gasteiger partial charge on any atom is 0.330 e. The minimum Gasteiger partial charge on any atom is -0.463 e. The SMILES string of the molecule is C=CC(=O)OCCCCCCCCCC.OCC(CO)(CO)CO. The zero-order valence-electron chi connectivity index (χ0n) is 15.1. The van der Waals surface area contributed by atoms with Crippen molar-refractivity contribution in [3.8, 4) is 0 Å². The molecule has 0 saturated carbocycles. The fourth-order valence-corrected chi connectivity index (χ4v) is 1.77. The van der Waals surface area contributed by atoms with Gasteiger partial charge >= 0.3 is 5.97 Å².